The van der Waals surface area contributed by atoms with Crippen molar-refractivity contribution in [2.24, 2.45) is 0 Å². The molecule has 0 saturated carbocycles. The Bertz CT molecular complexity index is 578. The zero-order valence-corrected chi connectivity index (χ0v) is 14.0. The predicted octanol–water partition coefficient (Wildman–Crippen LogP) is 1.25. The second-order valence-corrected chi connectivity index (χ2v) is 6.46. The van der Waals surface area contributed by atoms with Crippen LogP contribution in [-0.4, -0.2) is 45.2 Å². The van der Waals surface area contributed by atoms with E-state index in [0.29, 0.717) is 6.54 Å². The van der Waals surface area contributed by atoms with Gasteiger partial charge in [-0.1, -0.05) is 13.8 Å². The average molecular weight is 350 g/mol. The molecule has 1 amide bonds. The number of hydrogen-bond donors (Lipinski definition) is 2. The van der Waals surface area contributed by atoms with Crippen molar-refractivity contribution in [1.82, 2.24) is 25.4 Å². The van der Waals surface area contributed by atoms with Gasteiger partial charge in [-0.3, -0.25) is 10.1 Å². The lowest BCUT2D eigenvalue weighted by Crippen LogP contribution is -2.48. The molecular formula is C14H22ClF2N5O. The molecule has 23 heavy (non-hydrogen) atoms. The van der Waals surface area contributed by atoms with Crippen LogP contribution < -0.4 is 10.6 Å². The highest BCUT2D eigenvalue weighted by molar-refractivity contribution is 5.85. The molecule has 3 rings (SSSR count). The van der Waals surface area contributed by atoms with Gasteiger partial charge in [-0.15, -0.1) is 12.4 Å². The molecule has 130 valence electrons. The molecule has 1 saturated heterocycles. The van der Waals surface area contributed by atoms with Gasteiger partial charge in [0.2, 0.25) is 5.91 Å². The van der Waals surface area contributed by atoms with Crippen molar-refractivity contribution in [3.63, 3.8) is 0 Å². The van der Waals surface area contributed by atoms with Crippen LogP contribution in [0.3, 0.4) is 0 Å². The molecule has 1 aromatic heterocycles. The Kier molecular flexibility index (Phi) is 5.25. The minimum absolute atomic E-state index is 0. The first-order valence-electron chi connectivity index (χ1n) is 7.69. The summed E-state index contributed by atoms with van der Waals surface area (Å²) in [6.07, 6.45) is 1.06. The van der Waals surface area contributed by atoms with Crippen LogP contribution in [0.1, 0.15) is 44.3 Å². The molecule has 1 aromatic rings. The molecule has 0 aliphatic carbocycles. The first-order valence-corrected chi connectivity index (χ1v) is 7.69. The normalized spacial score (nSPS) is 25.8. The molecule has 6 nitrogen and oxygen atoms in total. The number of halogens is 3. The number of alkyl halides is 2. The van der Waals surface area contributed by atoms with E-state index in [1.54, 1.807) is 0 Å². The third kappa shape index (κ3) is 3.98. The minimum Gasteiger partial charge on any atom is -0.350 e. The van der Waals surface area contributed by atoms with E-state index in [4.69, 9.17) is 0 Å². The summed E-state index contributed by atoms with van der Waals surface area (Å²) in [6, 6.07) is -0.892. The lowest BCUT2D eigenvalue weighted by Gasteiger charge is -2.24. The SMILES string of the molecule is CC(C)c1nc2n(n1)CC(NC(=O)C1CC(F)(F)CN1)CC2.Cl. The summed E-state index contributed by atoms with van der Waals surface area (Å²) in [5, 5.41) is 9.88. The number of fused-ring (bicyclic) bond motifs is 1. The summed E-state index contributed by atoms with van der Waals surface area (Å²) >= 11 is 0. The van der Waals surface area contributed by atoms with E-state index in [9.17, 15) is 13.6 Å². The molecule has 2 aliphatic heterocycles. The van der Waals surface area contributed by atoms with Crippen LogP contribution >= 0.6 is 12.4 Å². The molecule has 3 heterocycles. The van der Waals surface area contributed by atoms with E-state index in [2.05, 4.69) is 20.7 Å². The highest BCUT2D eigenvalue weighted by Crippen LogP contribution is 2.25. The molecule has 1 fully saturated rings. The Morgan fingerprint density at radius 3 is 2.83 bits per heavy atom. The van der Waals surface area contributed by atoms with E-state index in [1.807, 2.05) is 18.5 Å². The maximum Gasteiger partial charge on any atom is 0.262 e. The van der Waals surface area contributed by atoms with Gasteiger partial charge in [-0.05, 0) is 6.42 Å². The molecule has 2 N–H and O–H groups in total. The smallest absolute Gasteiger partial charge is 0.262 e. The predicted molar refractivity (Wildman–Crippen MR) is 83.0 cm³/mol. The van der Waals surface area contributed by atoms with Crippen LogP contribution in [0.25, 0.3) is 0 Å². The zero-order chi connectivity index (χ0) is 15.9. The van der Waals surface area contributed by atoms with Crippen molar-refractivity contribution in [1.29, 1.82) is 0 Å². The van der Waals surface area contributed by atoms with Gasteiger partial charge in [0.15, 0.2) is 5.82 Å². The molecular weight excluding hydrogens is 328 g/mol. The first kappa shape index (κ1) is 18.1. The Morgan fingerprint density at radius 2 is 2.22 bits per heavy atom. The molecule has 2 aliphatic rings. The van der Waals surface area contributed by atoms with Crippen molar-refractivity contribution in [2.45, 2.75) is 63.6 Å². The minimum atomic E-state index is -2.79. The van der Waals surface area contributed by atoms with Crippen LogP contribution in [0, 0.1) is 0 Å². The maximum atomic E-state index is 13.1. The van der Waals surface area contributed by atoms with Gasteiger partial charge in [0, 0.05) is 24.8 Å². The second-order valence-electron chi connectivity index (χ2n) is 6.46. The number of aromatic nitrogens is 3. The highest BCUT2D eigenvalue weighted by Gasteiger charge is 2.42. The van der Waals surface area contributed by atoms with Crippen molar-refractivity contribution in [3.8, 4) is 0 Å². The summed E-state index contributed by atoms with van der Waals surface area (Å²) in [5.74, 6) is -1.15. The molecule has 2 atom stereocenters. The van der Waals surface area contributed by atoms with E-state index in [-0.39, 0.29) is 30.3 Å². The number of nitrogens with one attached hydrogen (secondary N) is 2. The van der Waals surface area contributed by atoms with Gasteiger partial charge in [0.1, 0.15) is 5.82 Å². The van der Waals surface area contributed by atoms with Gasteiger partial charge in [-0.2, -0.15) is 5.10 Å². The van der Waals surface area contributed by atoms with Gasteiger partial charge in [-0.25, -0.2) is 18.4 Å². The lowest BCUT2D eigenvalue weighted by molar-refractivity contribution is -0.124. The number of nitrogens with zero attached hydrogens (tertiary/aromatic N) is 3. The van der Waals surface area contributed by atoms with Crippen molar-refractivity contribution in [3.05, 3.63) is 11.6 Å². The van der Waals surface area contributed by atoms with Gasteiger partial charge in [0.05, 0.1) is 19.1 Å². The van der Waals surface area contributed by atoms with Crippen molar-refractivity contribution < 1.29 is 13.6 Å². The summed E-state index contributed by atoms with van der Waals surface area (Å²) in [4.78, 5) is 16.6. The van der Waals surface area contributed by atoms with Crippen LogP contribution in [0.4, 0.5) is 8.78 Å². The summed E-state index contributed by atoms with van der Waals surface area (Å²) in [6.45, 7) is 4.18. The maximum absolute atomic E-state index is 13.1. The monoisotopic (exact) mass is 349 g/mol. The van der Waals surface area contributed by atoms with E-state index < -0.39 is 24.9 Å². The molecule has 0 radical (unpaired) electrons. The third-order valence-corrected chi connectivity index (χ3v) is 4.16. The standard InChI is InChI=1S/C14H21F2N5O.ClH/c1-8(2)12-19-11-4-3-9(6-21(11)20-12)18-13(22)10-5-14(15,16)7-17-10;/h8-10,17H,3-7H2,1-2H3,(H,18,22);1H. The third-order valence-electron chi connectivity index (χ3n) is 4.16. The van der Waals surface area contributed by atoms with Gasteiger partial charge >= 0.3 is 0 Å². The Balaban J connectivity index is 0.00000192. The van der Waals surface area contributed by atoms with Crippen LogP contribution in [0.15, 0.2) is 0 Å². The number of carbonyl (C=O) groups is 1. The average Bonchev–Trinajstić information content (AvgIpc) is 3.01. The Morgan fingerprint density at radius 1 is 1.48 bits per heavy atom. The fourth-order valence-corrected chi connectivity index (χ4v) is 2.89. The summed E-state index contributed by atoms with van der Waals surface area (Å²) in [5.41, 5.74) is 0. The quantitative estimate of drug-likeness (QED) is 0.861. The molecule has 0 spiro atoms. The fraction of sp³-hybridized carbons (Fsp3) is 0.786. The van der Waals surface area contributed by atoms with Crippen molar-refractivity contribution in [2.75, 3.05) is 6.54 Å². The molecule has 9 heteroatoms. The fourth-order valence-electron chi connectivity index (χ4n) is 2.89. The van der Waals surface area contributed by atoms with E-state index in [0.717, 1.165) is 24.5 Å². The summed E-state index contributed by atoms with van der Waals surface area (Å²) < 4.78 is 28.1. The van der Waals surface area contributed by atoms with Crippen LogP contribution in [0.2, 0.25) is 0 Å². The largest absolute Gasteiger partial charge is 0.350 e. The van der Waals surface area contributed by atoms with Gasteiger partial charge in [0.25, 0.3) is 5.92 Å². The van der Waals surface area contributed by atoms with Crippen molar-refractivity contribution >= 4 is 18.3 Å². The molecule has 0 aromatic carbocycles. The number of aryl methyl sites for hydroxylation is 1. The number of amides is 1. The van der Waals surface area contributed by atoms with E-state index in [1.165, 1.54) is 0 Å². The number of carbonyl (C=O) groups excluding carboxylic acids is 1. The topological polar surface area (TPSA) is 71.8 Å². The van der Waals surface area contributed by atoms with Gasteiger partial charge < -0.3 is 5.32 Å². The lowest BCUT2D eigenvalue weighted by atomic mass is 10.1. The highest BCUT2D eigenvalue weighted by atomic mass is 35.5. The Labute approximate surface area is 139 Å². The molecule has 2 unspecified atom stereocenters. The zero-order valence-electron chi connectivity index (χ0n) is 13.2. The number of rotatable bonds is 3. The molecule has 0 bridgehead atoms. The number of hydrogen-bond acceptors (Lipinski definition) is 4. The first-order chi connectivity index (χ1) is 10.3. The van der Waals surface area contributed by atoms with Crippen LogP contribution in [-0.2, 0) is 17.8 Å². The summed E-state index contributed by atoms with van der Waals surface area (Å²) in [7, 11) is 0. The second kappa shape index (κ2) is 6.68. The Hall–Kier alpha value is -1.28. The van der Waals surface area contributed by atoms with E-state index >= 15 is 0 Å². The van der Waals surface area contributed by atoms with Crippen LogP contribution in [0.5, 0.6) is 0 Å².